The van der Waals surface area contributed by atoms with Crippen LogP contribution in [0.1, 0.15) is 155 Å². The summed E-state index contributed by atoms with van der Waals surface area (Å²) in [4.78, 5) is 0. The van der Waals surface area contributed by atoms with Crippen LogP contribution in [-0.4, -0.2) is 11.7 Å². The Kier molecular flexibility index (Phi) is 24.0. The highest BCUT2D eigenvalue weighted by Crippen LogP contribution is 2.21. The molecule has 1 nitrogen and oxygen atoms in total. The lowest BCUT2D eigenvalue weighted by Gasteiger charge is -2.13. The van der Waals surface area contributed by atoms with Crippen molar-refractivity contribution in [3.8, 4) is 0 Å². The summed E-state index contributed by atoms with van der Waals surface area (Å²) in [6.45, 7) is 4.90. The minimum atomic E-state index is 0.328. The predicted octanol–water partition coefficient (Wildman–Crippen LogP) is 9.18. The van der Waals surface area contributed by atoms with E-state index in [4.69, 9.17) is 0 Å². The summed E-state index contributed by atoms with van der Waals surface area (Å²) in [6.07, 6.45) is 30.3. The van der Waals surface area contributed by atoms with Crippen LogP contribution in [-0.2, 0) is 0 Å². The van der Waals surface area contributed by atoms with Gasteiger partial charge in [0, 0.05) is 12.5 Å². The van der Waals surface area contributed by atoms with Gasteiger partial charge >= 0.3 is 0 Å². The zero-order valence-electron chi connectivity index (χ0n) is 19.2. The zero-order chi connectivity index (χ0) is 19.8. The molecule has 0 saturated heterocycles. The third-order valence-corrected chi connectivity index (χ3v) is 5.99. The van der Waals surface area contributed by atoms with E-state index in [1.165, 1.54) is 147 Å². The van der Waals surface area contributed by atoms with Crippen molar-refractivity contribution >= 4 is 0 Å². The quantitative estimate of drug-likeness (QED) is 0.175. The number of aliphatic hydroxyl groups is 1. The standard InChI is InChI=1S/C26H53O/c1-3-5-7-9-11-13-15-17-19-21-23-26(25-27)24-22-20-18-16-14-12-10-8-6-4-2/h27H,3-25H2,1-2H3. The molecule has 0 aromatic heterocycles. The molecule has 0 aliphatic rings. The van der Waals surface area contributed by atoms with Crippen LogP contribution in [0.2, 0.25) is 0 Å². The molecule has 1 heteroatoms. The zero-order valence-corrected chi connectivity index (χ0v) is 19.2. The van der Waals surface area contributed by atoms with E-state index in [0.717, 1.165) is 0 Å². The van der Waals surface area contributed by atoms with Crippen LogP contribution in [0.15, 0.2) is 0 Å². The maximum Gasteiger partial charge on any atom is 0.0493 e. The van der Waals surface area contributed by atoms with Gasteiger partial charge in [-0.1, -0.05) is 142 Å². The highest BCUT2D eigenvalue weighted by atomic mass is 16.3. The predicted molar refractivity (Wildman–Crippen MR) is 123 cm³/mol. The maximum atomic E-state index is 9.58. The largest absolute Gasteiger partial charge is 0.396 e. The molecule has 27 heavy (non-hydrogen) atoms. The van der Waals surface area contributed by atoms with Gasteiger partial charge in [-0.2, -0.15) is 0 Å². The number of rotatable bonds is 23. The Balaban J connectivity index is 3.28. The lowest BCUT2D eigenvalue weighted by atomic mass is 9.94. The first kappa shape index (κ1) is 27.0. The molecule has 0 spiro atoms. The van der Waals surface area contributed by atoms with E-state index in [1.807, 2.05) is 0 Å². The molecule has 0 rings (SSSR count). The molecule has 0 saturated carbocycles. The maximum absolute atomic E-state index is 9.58. The van der Waals surface area contributed by atoms with Crippen molar-refractivity contribution in [3.63, 3.8) is 0 Å². The minimum absolute atomic E-state index is 0.328. The summed E-state index contributed by atoms with van der Waals surface area (Å²) in [7, 11) is 0. The first-order valence-electron chi connectivity index (χ1n) is 12.8. The van der Waals surface area contributed by atoms with E-state index in [0.29, 0.717) is 6.61 Å². The molecular weight excluding hydrogens is 328 g/mol. The Bertz CT molecular complexity index is 227. The molecule has 0 atom stereocenters. The number of unbranched alkanes of at least 4 members (excludes halogenated alkanes) is 18. The molecule has 0 heterocycles. The fourth-order valence-electron chi connectivity index (χ4n) is 4.01. The number of aliphatic hydroxyl groups excluding tert-OH is 1. The van der Waals surface area contributed by atoms with Crippen molar-refractivity contribution in [1.29, 1.82) is 0 Å². The van der Waals surface area contributed by atoms with E-state index < -0.39 is 0 Å². The molecule has 0 aliphatic heterocycles. The fourth-order valence-corrected chi connectivity index (χ4v) is 4.01. The summed E-state index contributed by atoms with van der Waals surface area (Å²) < 4.78 is 0. The Labute approximate surface area is 173 Å². The summed E-state index contributed by atoms with van der Waals surface area (Å²) in [5, 5.41) is 9.58. The SMILES string of the molecule is CCCCCCCCCCCC[C](CO)CCCCCCCCCCCC. The Morgan fingerprint density at radius 3 is 0.926 bits per heavy atom. The van der Waals surface area contributed by atoms with Crippen molar-refractivity contribution in [3.05, 3.63) is 5.92 Å². The molecule has 163 valence electrons. The van der Waals surface area contributed by atoms with Crippen LogP contribution >= 0.6 is 0 Å². The summed E-state index contributed by atoms with van der Waals surface area (Å²) in [5.74, 6) is 1.41. The average Bonchev–Trinajstić information content (AvgIpc) is 2.69. The van der Waals surface area contributed by atoms with Crippen LogP contribution in [0.4, 0.5) is 0 Å². The lowest BCUT2D eigenvalue weighted by Crippen LogP contribution is -2.03. The normalized spacial score (nSPS) is 11.6. The first-order valence-corrected chi connectivity index (χ1v) is 12.8. The summed E-state index contributed by atoms with van der Waals surface area (Å²) in [5.41, 5.74) is 0. The molecule has 0 aromatic rings. The van der Waals surface area contributed by atoms with E-state index in [9.17, 15) is 5.11 Å². The van der Waals surface area contributed by atoms with Crippen molar-refractivity contribution in [2.75, 3.05) is 6.61 Å². The molecule has 0 bridgehead atoms. The first-order chi connectivity index (χ1) is 13.3. The molecule has 1 radical (unpaired) electrons. The van der Waals surface area contributed by atoms with E-state index in [-0.39, 0.29) is 0 Å². The second kappa shape index (κ2) is 24.0. The highest BCUT2D eigenvalue weighted by molar-refractivity contribution is 4.88. The molecule has 0 fully saturated rings. The monoisotopic (exact) mass is 381 g/mol. The van der Waals surface area contributed by atoms with Gasteiger partial charge in [-0.05, 0) is 12.8 Å². The molecular formula is C26H53O. The van der Waals surface area contributed by atoms with Crippen LogP contribution < -0.4 is 0 Å². The Morgan fingerprint density at radius 1 is 0.407 bits per heavy atom. The van der Waals surface area contributed by atoms with Gasteiger partial charge in [-0.25, -0.2) is 0 Å². The smallest absolute Gasteiger partial charge is 0.0493 e. The number of hydrogen-bond acceptors (Lipinski definition) is 1. The number of hydrogen-bond donors (Lipinski definition) is 1. The van der Waals surface area contributed by atoms with Crippen LogP contribution in [0.5, 0.6) is 0 Å². The van der Waals surface area contributed by atoms with Crippen molar-refractivity contribution in [2.45, 2.75) is 155 Å². The van der Waals surface area contributed by atoms with E-state index in [2.05, 4.69) is 13.8 Å². The highest BCUT2D eigenvalue weighted by Gasteiger charge is 2.07. The third kappa shape index (κ3) is 22.1. The van der Waals surface area contributed by atoms with Gasteiger partial charge in [0.05, 0.1) is 0 Å². The van der Waals surface area contributed by atoms with Crippen molar-refractivity contribution < 1.29 is 5.11 Å². The second-order valence-corrected chi connectivity index (χ2v) is 8.77. The topological polar surface area (TPSA) is 20.2 Å². The fraction of sp³-hybridized carbons (Fsp3) is 0.962. The Hall–Kier alpha value is -0.0400. The van der Waals surface area contributed by atoms with Crippen molar-refractivity contribution in [1.82, 2.24) is 0 Å². The van der Waals surface area contributed by atoms with Gasteiger partial charge in [-0.3, -0.25) is 0 Å². The van der Waals surface area contributed by atoms with E-state index in [1.54, 1.807) is 0 Å². The van der Waals surface area contributed by atoms with Gasteiger partial charge in [0.15, 0.2) is 0 Å². The minimum Gasteiger partial charge on any atom is -0.396 e. The average molecular weight is 382 g/mol. The molecule has 0 aliphatic carbocycles. The van der Waals surface area contributed by atoms with Gasteiger partial charge < -0.3 is 5.11 Å². The second-order valence-electron chi connectivity index (χ2n) is 8.77. The Morgan fingerprint density at radius 2 is 0.667 bits per heavy atom. The van der Waals surface area contributed by atoms with Gasteiger partial charge in [0.1, 0.15) is 0 Å². The van der Waals surface area contributed by atoms with Crippen LogP contribution in [0.25, 0.3) is 0 Å². The van der Waals surface area contributed by atoms with Crippen molar-refractivity contribution in [2.24, 2.45) is 0 Å². The van der Waals surface area contributed by atoms with Gasteiger partial charge in [0.2, 0.25) is 0 Å². The summed E-state index contributed by atoms with van der Waals surface area (Å²) in [6, 6.07) is 0. The lowest BCUT2D eigenvalue weighted by molar-refractivity contribution is 0.290. The third-order valence-electron chi connectivity index (χ3n) is 5.99. The van der Waals surface area contributed by atoms with Crippen LogP contribution in [0.3, 0.4) is 0 Å². The van der Waals surface area contributed by atoms with Crippen LogP contribution in [0, 0.1) is 5.92 Å². The molecule has 0 aromatic carbocycles. The van der Waals surface area contributed by atoms with Gasteiger partial charge in [0.25, 0.3) is 0 Å². The van der Waals surface area contributed by atoms with E-state index >= 15 is 0 Å². The molecule has 0 unspecified atom stereocenters. The molecule has 1 N–H and O–H groups in total. The van der Waals surface area contributed by atoms with Gasteiger partial charge in [-0.15, -0.1) is 0 Å². The summed E-state index contributed by atoms with van der Waals surface area (Å²) >= 11 is 0. The molecule has 0 amide bonds.